The number of amides is 2. The highest BCUT2D eigenvalue weighted by molar-refractivity contribution is 5.98. The van der Waals surface area contributed by atoms with Crippen molar-refractivity contribution >= 4 is 11.8 Å². The lowest BCUT2D eigenvalue weighted by atomic mass is 9.67. The lowest BCUT2D eigenvalue weighted by Crippen LogP contribution is -2.51. The summed E-state index contributed by atoms with van der Waals surface area (Å²) in [6, 6.07) is 0. The van der Waals surface area contributed by atoms with Gasteiger partial charge >= 0.3 is 0 Å². The second-order valence-electron chi connectivity index (χ2n) is 7.02. The number of carbonyl (C=O) groups excluding carboxylic acids is 2. The van der Waals surface area contributed by atoms with Crippen LogP contribution in [0, 0.1) is 11.3 Å². The third kappa shape index (κ3) is 2.90. The average molecular weight is 278 g/mol. The van der Waals surface area contributed by atoms with Gasteiger partial charge in [-0.3, -0.25) is 14.5 Å². The van der Waals surface area contributed by atoms with Crippen molar-refractivity contribution in [2.75, 3.05) is 19.6 Å². The molecule has 20 heavy (non-hydrogen) atoms. The van der Waals surface area contributed by atoms with Crippen LogP contribution >= 0.6 is 0 Å². The van der Waals surface area contributed by atoms with Gasteiger partial charge in [0.1, 0.15) is 0 Å². The summed E-state index contributed by atoms with van der Waals surface area (Å²) in [4.78, 5) is 26.4. The van der Waals surface area contributed by atoms with E-state index in [1.807, 2.05) is 0 Å². The van der Waals surface area contributed by atoms with E-state index >= 15 is 0 Å². The Morgan fingerprint density at radius 2 is 1.75 bits per heavy atom. The monoisotopic (exact) mass is 278 g/mol. The number of likely N-dealkylation sites (tertiary alicyclic amines) is 1. The first kappa shape index (κ1) is 14.1. The van der Waals surface area contributed by atoms with Crippen LogP contribution in [0.3, 0.4) is 0 Å². The van der Waals surface area contributed by atoms with E-state index in [0.717, 1.165) is 38.8 Å². The van der Waals surface area contributed by atoms with Gasteiger partial charge in [0.15, 0.2) is 0 Å². The molecule has 3 aliphatic rings. The number of nitrogens with one attached hydrogen (secondary N) is 1. The molecule has 2 aliphatic heterocycles. The Morgan fingerprint density at radius 3 is 2.35 bits per heavy atom. The highest BCUT2D eigenvalue weighted by Crippen LogP contribution is 2.45. The van der Waals surface area contributed by atoms with Gasteiger partial charge in [-0.05, 0) is 50.1 Å². The van der Waals surface area contributed by atoms with Crippen molar-refractivity contribution in [2.24, 2.45) is 11.3 Å². The van der Waals surface area contributed by atoms with E-state index in [4.69, 9.17) is 0 Å². The maximum atomic E-state index is 12.4. The summed E-state index contributed by atoms with van der Waals surface area (Å²) in [5, 5.41) is 3.36. The number of nitrogens with zero attached hydrogens (tertiary/aromatic N) is 1. The molecular formula is C16H26N2O2. The average Bonchev–Trinajstić information content (AvgIpc) is 2.45. The van der Waals surface area contributed by atoms with E-state index in [1.165, 1.54) is 19.3 Å². The smallest absolute Gasteiger partial charge is 0.229 e. The molecule has 4 nitrogen and oxygen atoms in total. The van der Waals surface area contributed by atoms with Crippen LogP contribution in [0.25, 0.3) is 0 Å². The Kier molecular flexibility index (Phi) is 4.11. The molecule has 0 bridgehead atoms. The molecule has 0 radical (unpaired) electrons. The van der Waals surface area contributed by atoms with Crippen LogP contribution < -0.4 is 5.32 Å². The number of hydrogen-bond donors (Lipinski definition) is 1. The summed E-state index contributed by atoms with van der Waals surface area (Å²) in [7, 11) is 0. The van der Waals surface area contributed by atoms with E-state index in [-0.39, 0.29) is 17.2 Å². The predicted molar refractivity (Wildman–Crippen MR) is 77.1 cm³/mol. The van der Waals surface area contributed by atoms with Gasteiger partial charge in [0.05, 0.1) is 0 Å². The van der Waals surface area contributed by atoms with Crippen molar-refractivity contribution in [1.29, 1.82) is 0 Å². The molecule has 1 saturated carbocycles. The molecule has 0 aromatic carbocycles. The normalized spacial score (nSPS) is 30.8. The Balaban J connectivity index is 1.62. The van der Waals surface area contributed by atoms with Crippen LogP contribution in [0.2, 0.25) is 0 Å². The van der Waals surface area contributed by atoms with E-state index in [2.05, 4.69) is 5.32 Å². The van der Waals surface area contributed by atoms with E-state index < -0.39 is 0 Å². The minimum atomic E-state index is 0.0216. The zero-order valence-electron chi connectivity index (χ0n) is 12.3. The van der Waals surface area contributed by atoms with Crippen molar-refractivity contribution in [3.05, 3.63) is 0 Å². The van der Waals surface area contributed by atoms with Crippen LogP contribution in [-0.4, -0.2) is 36.3 Å². The van der Waals surface area contributed by atoms with Gasteiger partial charge < -0.3 is 5.32 Å². The highest BCUT2D eigenvalue weighted by atomic mass is 16.2. The number of hydrogen-bond acceptors (Lipinski definition) is 3. The van der Waals surface area contributed by atoms with E-state index in [9.17, 15) is 9.59 Å². The van der Waals surface area contributed by atoms with Crippen LogP contribution in [-0.2, 0) is 9.59 Å². The third-order valence-electron chi connectivity index (χ3n) is 5.41. The molecule has 1 atom stereocenters. The molecule has 2 amide bonds. The highest BCUT2D eigenvalue weighted by Gasteiger charge is 2.44. The molecule has 1 unspecified atom stereocenters. The van der Waals surface area contributed by atoms with Gasteiger partial charge in [-0.1, -0.05) is 19.3 Å². The van der Waals surface area contributed by atoms with Gasteiger partial charge in [0, 0.05) is 19.4 Å². The molecule has 1 aliphatic carbocycles. The number of imide groups is 1. The molecule has 3 rings (SSSR count). The molecule has 0 aromatic heterocycles. The first-order valence-electron chi connectivity index (χ1n) is 8.22. The molecule has 2 heterocycles. The Labute approximate surface area is 121 Å². The van der Waals surface area contributed by atoms with Crippen molar-refractivity contribution in [1.82, 2.24) is 10.2 Å². The van der Waals surface area contributed by atoms with Crippen LogP contribution in [0.4, 0.5) is 0 Å². The van der Waals surface area contributed by atoms with Crippen LogP contribution in [0.5, 0.6) is 0 Å². The Hall–Kier alpha value is -0.900. The largest absolute Gasteiger partial charge is 0.316 e. The van der Waals surface area contributed by atoms with Crippen molar-refractivity contribution in [2.45, 2.75) is 57.8 Å². The minimum absolute atomic E-state index is 0.0216. The van der Waals surface area contributed by atoms with Gasteiger partial charge in [-0.15, -0.1) is 0 Å². The van der Waals surface area contributed by atoms with Crippen molar-refractivity contribution in [3.63, 3.8) is 0 Å². The molecule has 1 N–H and O–H groups in total. The molecule has 112 valence electrons. The lowest BCUT2D eigenvalue weighted by Gasteiger charge is -2.43. The second kappa shape index (κ2) is 5.84. The van der Waals surface area contributed by atoms with Gasteiger partial charge in [-0.2, -0.15) is 0 Å². The first-order valence-corrected chi connectivity index (χ1v) is 8.22. The summed E-state index contributed by atoms with van der Waals surface area (Å²) in [6.45, 7) is 2.66. The fourth-order valence-corrected chi connectivity index (χ4v) is 4.23. The van der Waals surface area contributed by atoms with E-state index in [0.29, 0.717) is 25.3 Å². The fourth-order valence-electron chi connectivity index (χ4n) is 4.23. The molecule has 2 saturated heterocycles. The fraction of sp³-hybridized carbons (Fsp3) is 0.875. The number of piperidine rings is 2. The zero-order valence-corrected chi connectivity index (χ0v) is 12.3. The SMILES string of the molecule is O=C1CC2(CCCCC2)CC(=O)N1CC1CCCNC1. The lowest BCUT2D eigenvalue weighted by molar-refractivity contribution is -0.155. The summed E-state index contributed by atoms with van der Waals surface area (Å²) in [5.41, 5.74) is 0.0216. The summed E-state index contributed by atoms with van der Waals surface area (Å²) in [5.74, 6) is 0.638. The Morgan fingerprint density at radius 1 is 1.05 bits per heavy atom. The topological polar surface area (TPSA) is 49.4 Å². The van der Waals surface area contributed by atoms with Crippen LogP contribution in [0.1, 0.15) is 57.8 Å². The van der Waals surface area contributed by atoms with Gasteiger partial charge in [0.2, 0.25) is 11.8 Å². The van der Waals surface area contributed by atoms with E-state index in [1.54, 1.807) is 4.90 Å². The summed E-state index contributed by atoms with van der Waals surface area (Å²) >= 11 is 0. The van der Waals surface area contributed by atoms with Gasteiger partial charge in [0.25, 0.3) is 0 Å². The third-order valence-corrected chi connectivity index (χ3v) is 5.41. The van der Waals surface area contributed by atoms with Crippen LogP contribution in [0.15, 0.2) is 0 Å². The molecular weight excluding hydrogens is 252 g/mol. The Bertz CT molecular complexity index is 362. The quantitative estimate of drug-likeness (QED) is 0.787. The van der Waals surface area contributed by atoms with Crippen molar-refractivity contribution in [3.8, 4) is 0 Å². The zero-order chi connectivity index (χ0) is 14.0. The van der Waals surface area contributed by atoms with Crippen molar-refractivity contribution < 1.29 is 9.59 Å². The summed E-state index contributed by atoms with van der Waals surface area (Å²) in [6.07, 6.45) is 9.30. The number of carbonyl (C=O) groups is 2. The standard InChI is InChI=1S/C16H26N2O2/c19-14-9-16(6-2-1-3-7-16)10-15(20)18(14)12-13-5-4-8-17-11-13/h13,17H,1-12H2. The maximum absolute atomic E-state index is 12.4. The first-order chi connectivity index (χ1) is 9.69. The van der Waals surface area contributed by atoms with Gasteiger partial charge in [-0.25, -0.2) is 0 Å². The molecule has 3 fully saturated rings. The molecule has 4 heteroatoms. The molecule has 0 aromatic rings. The number of rotatable bonds is 2. The second-order valence-corrected chi connectivity index (χ2v) is 7.02. The minimum Gasteiger partial charge on any atom is -0.316 e. The molecule has 1 spiro atoms. The summed E-state index contributed by atoms with van der Waals surface area (Å²) < 4.78 is 0. The predicted octanol–water partition coefficient (Wildman–Crippen LogP) is 2.09. The maximum Gasteiger partial charge on any atom is 0.229 e.